The summed E-state index contributed by atoms with van der Waals surface area (Å²) in [5, 5.41) is 6.30. The molecular weight excluding hydrogens is 314 g/mol. The average Bonchev–Trinajstić information content (AvgIpc) is 2.63. The molecule has 0 atom stereocenters. The topological polar surface area (TPSA) is 71.1 Å². The summed E-state index contributed by atoms with van der Waals surface area (Å²) in [7, 11) is 0. The van der Waals surface area contributed by atoms with Crippen LogP contribution in [-0.2, 0) is 0 Å². The second-order valence-corrected chi connectivity index (χ2v) is 6.50. The van der Waals surface area contributed by atoms with Crippen LogP contribution >= 0.6 is 0 Å². The molecule has 2 N–H and O–H groups in total. The summed E-state index contributed by atoms with van der Waals surface area (Å²) in [6.45, 7) is 1.50. The van der Waals surface area contributed by atoms with Crippen molar-refractivity contribution in [2.75, 3.05) is 10.6 Å². The smallest absolute Gasteiger partial charge is 0.274 e. The third-order valence-electron chi connectivity index (χ3n) is 4.50. The first-order valence-electron chi connectivity index (χ1n) is 8.77. The van der Waals surface area contributed by atoms with Crippen molar-refractivity contribution in [3.63, 3.8) is 0 Å². The average molecular weight is 337 g/mol. The van der Waals surface area contributed by atoms with E-state index in [1.54, 1.807) is 36.5 Å². The van der Waals surface area contributed by atoms with E-state index in [4.69, 9.17) is 0 Å². The van der Waals surface area contributed by atoms with Crippen molar-refractivity contribution in [2.24, 2.45) is 0 Å². The van der Waals surface area contributed by atoms with Crippen molar-refractivity contribution in [2.45, 2.75) is 45.1 Å². The van der Waals surface area contributed by atoms with E-state index in [-0.39, 0.29) is 11.7 Å². The summed E-state index contributed by atoms with van der Waals surface area (Å²) in [5.74, 6) is -0.319. The molecule has 25 heavy (non-hydrogen) atoms. The number of carbonyl (C=O) groups excluding carboxylic acids is 2. The first-order valence-corrected chi connectivity index (χ1v) is 8.77. The molecule has 1 aromatic carbocycles. The number of benzene rings is 1. The van der Waals surface area contributed by atoms with Gasteiger partial charge in [0.25, 0.3) is 5.91 Å². The number of ketones is 1. The van der Waals surface area contributed by atoms with Gasteiger partial charge >= 0.3 is 0 Å². The molecule has 0 bridgehead atoms. The van der Waals surface area contributed by atoms with E-state index in [0.29, 0.717) is 23.0 Å². The quantitative estimate of drug-likeness (QED) is 0.799. The number of anilines is 2. The Bertz CT molecular complexity index is 767. The maximum atomic E-state index is 12.5. The molecule has 0 aliphatic heterocycles. The Labute approximate surface area is 147 Å². The molecule has 0 unspecified atom stereocenters. The van der Waals surface area contributed by atoms with Crippen molar-refractivity contribution >= 4 is 23.1 Å². The summed E-state index contributed by atoms with van der Waals surface area (Å²) in [6.07, 6.45) is 7.79. The summed E-state index contributed by atoms with van der Waals surface area (Å²) in [5.41, 5.74) is 2.43. The summed E-state index contributed by atoms with van der Waals surface area (Å²) in [4.78, 5) is 28.1. The van der Waals surface area contributed by atoms with Gasteiger partial charge in [-0.25, -0.2) is 0 Å². The van der Waals surface area contributed by atoms with E-state index in [9.17, 15) is 9.59 Å². The first kappa shape index (κ1) is 17.1. The van der Waals surface area contributed by atoms with Crippen LogP contribution in [0.1, 0.15) is 59.9 Å². The Morgan fingerprint density at radius 2 is 1.84 bits per heavy atom. The molecule has 130 valence electrons. The van der Waals surface area contributed by atoms with Gasteiger partial charge in [0.2, 0.25) is 0 Å². The Morgan fingerprint density at radius 1 is 1.04 bits per heavy atom. The van der Waals surface area contributed by atoms with Crippen LogP contribution in [0.15, 0.2) is 42.6 Å². The van der Waals surface area contributed by atoms with Gasteiger partial charge in [0, 0.05) is 29.2 Å². The zero-order chi connectivity index (χ0) is 17.6. The van der Waals surface area contributed by atoms with E-state index in [1.165, 1.54) is 39.0 Å². The van der Waals surface area contributed by atoms with Crippen molar-refractivity contribution in [1.82, 2.24) is 4.98 Å². The minimum atomic E-state index is -0.284. The van der Waals surface area contributed by atoms with Gasteiger partial charge in [-0.3, -0.25) is 14.6 Å². The van der Waals surface area contributed by atoms with Gasteiger partial charge in [-0.15, -0.1) is 0 Å². The normalized spacial score (nSPS) is 14.8. The second kappa shape index (κ2) is 7.92. The first-order chi connectivity index (χ1) is 12.1. The fourth-order valence-electron chi connectivity index (χ4n) is 3.14. The Balaban J connectivity index is 1.68. The highest BCUT2D eigenvalue weighted by Crippen LogP contribution is 2.22. The van der Waals surface area contributed by atoms with Gasteiger partial charge in [0.05, 0.1) is 0 Å². The van der Waals surface area contributed by atoms with Crippen LogP contribution in [-0.4, -0.2) is 22.7 Å². The van der Waals surface area contributed by atoms with Gasteiger partial charge in [-0.2, -0.15) is 0 Å². The van der Waals surface area contributed by atoms with Crippen LogP contribution in [0.4, 0.5) is 11.4 Å². The molecule has 1 saturated carbocycles. The Morgan fingerprint density at radius 3 is 2.60 bits per heavy atom. The lowest BCUT2D eigenvalue weighted by molar-refractivity contribution is 0.100. The van der Waals surface area contributed by atoms with Crippen molar-refractivity contribution < 1.29 is 9.59 Å². The van der Waals surface area contributed by atoms with E-state index in [0.717, 1.165) is 5.69 Å². The van der Waals surface area contributed by atoms with Crippen molar-refractivity contribution in [3.8, 4) is 0 Å². The number of nitrogens with zero attached hydrogens (tertiary/aromatic N) is 1. The SMILES string of the molecule is CC(=O)c1cccc(NC(=O)c2cc(NC3CCCCC3)ccn2)c1. The summed E-state index contributed by atoms with van der Waals surface area (Å²) < 4.78 is 0. The molecule has 1 aliphatic rings. The van der Waals surface area contributed by atoms with Gasteiger partial charge in [0.1, 0.15) is 5.69 Å². The predicted molar refractivity (Wildman–Crippen MR) is 99.1 cm³/mol. The second-order valence-electron chi connectivity index (χ2n) is 6.50. The molecule has 1 fully saturated rings. The van der Waals surface area contributed by atoms with Gasteiger partial charge < -0.3 is 10.6 Å². The Hall–Kier alpha value is -2.69. The number of nitrogens with one attached hydrogen (secondary N) is 2. The highest BCUT2D eigenvalue weighted by atomic mass is 16.2. The van der Waals surface area contributed by atoms with Crippen molar-refractivity contribution in [1.29, 1.82) is 0 Å². The fourth-order valence-corrected chi connectivity index (χ4v) is 3.14. The zero-order valence-corrected chi connectivity index (χ0v) is 14.4. The fraction of sp³-hybridized carbons (Fsp3) is 0.350. The standard InChI is InChI=1S/C20H23N3O2/c1-14(24)15-6-5-9-17(12-15)23-20(25)19-13-18(10-11-21-19)22-16-7-3-2-4-8-16/h5-6,9-13,16H,2-4,7-8H2,1H3,(H,21,22)(H,23,25). The van der Waals surface area contributed by atoms with Crippen LogP contribution in [0.3, 0.4) is 0 Å². The van der Waals surface area contributed by atoms with E-state index in [1.807, 2.05) is 6.07 Å². The third kappa shape index (κ3) is 4.66. The number of pyridine rings is 1. The van der Waals surface area contributed by atoms with E-state index in [2.05, 4.69) is 15.6 Å². The molecule has 1 aromatic heterocycles. The maximum absolute atomic E-state index is 12.5. The highest BCUT2D eigenvalue weighted by molar-refractivity contribution is 6.04. The maximum Gasteiger partial charge on any atom is 0.274 e. The van der Waals surface area contributed by atoms with Crippen LogP contribution in [0.25, 0.3) is 0 Å². The lowest BCUT2D eigenvalue weighted by Crippen LogP contribution is -2.22. The number of hydrogen-bond acceptors (Lipinski definition) is 4. The molecule has 0 radical (unpaired) electrons. The molecular formula is C20H23N3O2. The number of Topliss-reactive ketones (excluding diaryl/α,β-unsaturated/α-hetero) is 1. The van der Waals surface area contributed by atoms with Gasteiger partial charge in [-0.05, 0) is 44.0 Å². The molecule has 5 nitrogen and oxygen atoms in total. The predicted octanol–water partition coefficient (Wildman–Crippen LogP) is 4.28. The largest absolute Gasteiger partial charge is 0.382 e. The summed E-state index contributed by atoms with van der Waals surface area (Å²) in [6, 6.07) is 11.0. The molecule has 1 aliphatic carbocycles. The molecule has 1 heterocycles. The van der Waals surface area contributed by atoms with E-state index < -0.39 is 0 Å². The third-order valence-corrected chi connectivity index (χ3v) is 4.50. The number of aromatic nitrogens is 1. The van der Waals surface area contributed by atoms with Crippen LogP contribution in [0, 0.1) is 0 Å². The van der Waals surface area contributed by atoms with E-state index >= 15 is 0 Å². The minimum Gasteiger partial charge on any atom is -0.382 e. The minimum absolute atomic E-state index is 0.0343. The molecule has 1 amide bonds. The number of carbonyl (C=O) groups is 2. The molecule has 0 saturated heterocycles. The Kier molecular flexibility index (Phi) is 5.43. The lowest BCUT2D eigenvalue weighted by Gasteiger charge is -2.23. The highest BCUT2D eigenvalue weighted by Gasteiger charge is 2.14. The van der Waals surface area contributed by atoms with Crippen LogP contribution in [0.5, 0.6) is 0 Å². The van der Waals surface area contributed by atoms with Crippen molar-refractivity contribution in [3.05, 3.63) is 53.9 Å². The summed E-state index contributed by atoms with van der Waals surface area (Å²) >= 11 is 0. The van der Waals surface area contributed by atoms with Crippen LogP contribution < -0.4 is 10.6 Å². The number of hydrogen-bond donors (Lipinski definition) is 2. The monoisotopic (exact) mass is 337 g/mol. The molecule has 0 spiro atoms. The molecule has 5 heteroatoms. The molecule has 3 rings (SSSR count). The van der Waals surface area contributed by atoms with Gasteiger partial charge in [0.15, 0.2) is 5.78 Å². The zero-order valence-electron chi connectivity index (χ0n) is 14.4. The number of rotatable bonds is 5. The van der Waals surface area contributed by atoms with Gasteiger partial charge in [-0.1, -0.05) is 31.4 Å². The number of amides is 1. The molecule has 2 aromatic rings. The lowest BCUT2D eigenvalue weighted by atomic mass is 9.95. The van der Waals surface area contributed by atoms with Crippen LogP contribution in [0.2, 0.25) is 0 Å².